The average Bonchev–Trinajstić information content (AvgIpc) is 2.30. The number of carbonyl (C=O) groups is 1. The van der Waals surface area contributed by atoms with Crippen LogP contribution >= 0.6 is 0 Å². The zero-order chi connectivity index (χ0) is 8.43. The van der Waals surface area contributed by atoms with Crippen molar-refractivity contribution in [3.8, 4) is 0 Å². The lowest BCUT2D eigenvalue weighted by atomic mass is 9.99. The Hall–Kier alpha value is -0.570. The Labute approximate surface area is 67.0 Å². The summed E-state index contributed by atoms with van der Waals surface area (Å²) in [6.45, 7) is 6.71. The number of nitrogens with zero attached hydrogens (tertiary/aromatic N) is 1. The van der Waals surface area contributed by atoms with Gasteiger partial charge in [-0.3, -0.25) is 4.79 Å². The molecule has 0 radical (unpaired) electrons. The molecule has 1 saturated heterocycles. The first-order valence-corrected chi connectivity index (χ1v) is 4.10. The van der Waals surface area contributed by atoms with E-state index in [-0.39, 0.29) is 5.92 Å². The van der Waals surface area contributed by atoms with Crippen LogP contribution in [0.2, 0.25) is 0 Å². The van der Waals surface area contributed by atoms with Gasteiger partial charge in [0.05, 0.1) is 5.92 Å². The summed E-state index contributed by atoms with van der Waals surface area (Å²) in [7, 11) is 0. The smallest absolute Gasteiger partial charge is 0.308 e. The maximum atomic E-state index is 10.6. The summed E-state index contributed by atoms with van der Waals surface area (Å²) in [5, 5.41) is 8.77. The Bertz CT molecular complexity index is 158. The molecule has 3 heteroatoms. The summed E-state index contributed by atoms with van der Waals surface area (Å²) in [5.41, 5.74) is 0. The molecule has 1 aliphatic heterocycles. The number of carboxylic acid groups (broad SMARTS) is 1. The van der Waals surface area contributed by atoms with Gasteiger partial charge >= 0.3 is 5.97 Å². The predicted octanol–water partition coefficient (Wildman–Crippen LogP) is 0.659. The normalized spacial score (nSPS) is 32.5. The van der Waals surface area contributed by atoms with Crippen molar-refractivity contribution in [2.45, 2.75) is 13.8 Å². The van der Waals surface area contributed by atoms with E-state index in [0.29, 0.717) is 5.92 Å². The molecule has 64 valence electrons. The summed E-state index contributed by atoms with van der Waals surface area (Å²) in [4.78, 5) is 12.8. The molecule has 0 saturated carbocycles. The van der Waals surface area contributed by atoms with E-state index in [1.54, 1.807) is 0 Å². The van der Waals surface area contributed by atoms with Gasteiger partial charge in [0.15, 0.2) is 0 Å². The summed E-state index contributed by atoms with van der Waals surface area (Å²) < 4.78 is 0. The molecule has 3 nitrogen and oxygen atoms in total. The topological polar surface area (TPSA) is 40.5 Å². The fraction of sp³-hybridized carbons (Fsp3) is 0.875. The lowest BCUT2D eigenvalue weighted by Gasteiger charge is -2.10. The van der Waals surface area contributed by atoms with Gasteiger partial charge in [-0.1, -0.05) is 13.8 Å². The molecule has 0 aromatic rings. The van der Waals surface area contributed by atoms with Gasteiger partial charge in [-0.05, 0) is 12.5 Å². The maximum Gasteiger partial charge on any atom is 0.308 e. The van der Waals surface area contributed by atoms with Crippen LogP contribution in [0.3, 0.4) is 0 Å². The van der Waals surface area contributed by atoms with Crippen molar-refractivity contribution in [3.05, 3.63) is 0 Å². The zero-order valence-corrected chi connectivity index (χ0v) is 7.08. The standard InChI is InChI=1S/C8H15NO2/c1-3-9-4-6(2)7(5-9)8(10)11/h6-7H,3-5H2,1-2H3,(H,10,11)/t6-,7-/m0/s1. The van der Waals surface area contributed by atoms with Crippen LogP contribution in [0.5, 0.6) is 0 Å². The van der Waals surface area contributed by atoms with Crippen molar-refractivity contribution in [1.29, 1.82) is 0 Å². The molecule has 0 unspecified atom stereocenters. The Morgan fingerprint density at radius 2 is 2.27 bits per heavy atom. The van der Waals surface area contributed by atoms with Gasteiger partial charge in [-0.2, -0.15) is 0 Å². The quantitative estimate of drug-likeness (QED) is 0.640. The Morgan fingerprint density at radius 3 is 2.55 bits per heavy atom. The highest BCUT2D eigenvalue weighted by Crippen LogP contribution is 2.22. The molecular weight excluding hydrogens is 142 g/mol. The first-order valence-electron chi connectivity index (χ1n) is 4.10. The number of hydrogen-bond donors (Lipinski definition) is 1. The average molecular weight is 157 g/mol. The fourth-order valence-electron chi connectivity index (χ4n) is 1.65. The van der Waals surface area contributed by atoms with E-state index in [1.807, 2.05) is 6.92 Å². The SMILES string of the molecule is CCN1C[C@H](C(=O)O)[C@@H](C)C1. The van der Waals surface area contributed by atoms with E-state index in [9.17, 15) is 4.79 Å². The van der Waals surface area contributed by atoms with Crippen molar-refractivity contribution in [2.24, 2.45) is 11.8 Å². The second kappa shape index (κ2) is 3.22. The number of carboxylic acids is 1. The third-order valence-corrected chi connectivity index (χ3v) is 2.45. The number of likely N-dealkylation sites (tertiary alicyclic amines) is 1. The largest absolute Gasteiger partial charge is 0.481 e. The van der Waals surface area contributed by atoms with Crippen LogP contribution in [-0.2, 0) is 4.79 Å². The molecule has 1 rings (SSSR count). The van der Waals surface area contributed by atoms with Crippen LogP contribution in [0.25, 0.3) is 0 Å². The van der Waals surface area contributed by atoms with Crippen molar-refractivity contribution >= 4 is 5.97 Å². The molecule has 1 heterocycles. The molecular formula is C8H15NO2. The highest BCUT2D eigenvalue weighted by Gasteiger charge is 2.33. The lowest BCUT2D eigenvalue weighted by molar-refractivity contribution is -0.142. The third-order valence-electron chi connectivity index (χ3n) is 2.45. The van der Waals surface area contributed by atoms with E-state index in [2.05, 4.69) is 11.8 Å². The fourth-order valence-corrected chi connectivity index (χ4v) is 1.65. The van der Waals surface area contributed by atoms with Crippen molar-refractivity contribution in [2.75, 3.05) is 19.6 Å². The van der Waals surface area contributed by atoms with Crippen LogP contribution in [0.1, 0.15) is 13.8 Å². The summed E-state index contributed by atoms with van der Waals surface area (Å²) >= 11 is 0. The molecule has 0 aliphatic carbocycles. The van der Waals surface area contributed by atoms with Gasteiger partial charge in [-0.15, -0.1) is 0 Å². The molecule has 1 aliphatic rings. The van der Waals surface area contributed by atoms with Crippen molar-refractivity contribution in [3.63, 3.8) is 0 Å². The van der Waals surface area contributed by atoms with Gasteiger partial charge in [0.2, 0.25) is 0 Å². The van der Waals surface area contributed by atoms with Crippen LogP contribution in [0.15, 0.2) is 0 Å². The summed E-state index contributed by atoms with van der Waals surface area (Å²) in [5.74, 6) is -0.476. The molecule has 0 bridgehead atoms. The van der Waals surface area contributed by atoms with E-state index in [1.165, 1.54) is 0 Å². The molecule has 2 atom stereocenters. The Morgan fingerprint density at radius 1 is 1.64 bits per heavy atom. The second-order valence-electron chi connectivity index (χ2n) is 3.27. The maximum absolute atomic E-state index is 10.6. The van der Waals surface area contributed by atoms with Crippen LogP contribution in [0, 0.1) is 11.8 Å². The number of hydrogen-bond acceptors (Lipinski definition) is 2. The minimum atomic E-state index is -0.645. The predicted molar refractivity (Wildman–Crippen MR) is 42.4 cm³/mol. The van der Waals surface area contributed by atoms with E-state index in [0.717, 1.165) is 19.6 Å². The first-order chi connectivity index (χ1) is 5.15. The molecule has 0 aromatic carbocycles. The van der Waals surface area contributed by atoms with Gasteiger partial charge in [-0.25, -0.2) is 0 Å². The van der Waals surface area contributed by atoms with E-state index >= 15 is 0 Å². The van der Waals surface area contributed by atoms with Crippen LogP contribution in [-0.4, -0.2) is 35.6 Å². The van der Waals surface area contributed by atoms with E-state index in [4.69, 9.17) is 5.11 Å². The molecule has 1 fully saturated rings. The number of rotatable bonds is 2. The Kier molecular flexibility index (Phi) is 2.49. The van der Waals surface area contributed by atoms with Crippen LogP contribution < -0.4 is 0 Å². The van der Waals surface area contributed by atoms with Gasteiger partial charge in [0, 0.05) is 13.1 Å². The van der Waals surface area contributed by atoms with Crippen molar-refractivity contribution < 1.29 is 9.90 Å². The first kappa shape index (κ1) is 8.53. The monoisotopic (exact) mass is 157 g/mol. The minimum absolute atomic E-state index is 0.144. The summed E-state index contributed by atoms with van der Waals surface area (Å²) in [6, 6.07) is 0. The van der Waals surface area contributed by atoms with Gasteiger partial charge in [0.1, 0.15) is 0 Å². The molecule has 0 spiro atoms. The molecule has 0 aromatic heterocycles. The highest BCUT2D eigenvalue weighted by atomic mass is 16.4. The second-order valence-corrected chi connectivity index (χ2v) is 3.27. The highest BCUT2D eigenvalue weighted by molar-refractivity contribution is 5.71. The zero-order valence-electron chi connectivity index (χ0n) is 7.08. The molecule has 1 N–H and O–H groups in total. The Balaban J connectivity index is 2.51. The third kappa shape index (κ3) is 1.71. The van der Waals surface area contributed by atoms with Crippen LogP contribution in [0.4, 0.5) is 0 Å². The molecule has 11 heavy (non-hydrogen) atoms. The van der Waals surface area contributed by atoms with Crippen molar-refractivity contribution in [1.82, 2.24) is 4.90 Å². The van der Waals surface area contributed by atoms with Gasteiger partial charge < -0.3 is 10.0 Å². The van der Waals surface area contributed by atoms with E-state index < -0.39 is 5.97 Å². The minimum Gasteiger partial charge on any atom is -0.481 e. The lowest BCUT2D eigenvalue weighted by Crippen LogP contribution is -2.22. The molecule has 0 amide bonds. The van der Waals surface area contributed by atoms with Gasteiger partial charge in [0.25, 0.3) is 0 Å². The summed E-state index contributed by atoms with van der Waals surface area (Å²) in [6.07, 6.45) is 0. The number of aliphatic carboxylic acids is 1.